The number of hydrogen-bond donors (Lipinski definition) is 3. The van der Waals surface area contributed by atoms with E-state index in [1.807, 2.05) is 13.8 Å². The molecule has 2 fully saturated rings. The van der Waals surface area contributed by atoms with Crippen molar-refractivity contribution in [2.75, 3.05) is 0 Å². The molecular weight excluding hydrogens is 344 g/mol. The van der Waals surface area contributed by atoms with Crippen LogP contribution < -0.4 is 0 Å². The highest BCUT2D eigenvalue weighted by Crippen LogP contribution is 2.58. The number of ether oxygens (including phenoxy) is 1. The molecule has 0 heterocycles. The van der Waals surface area contributed by atoms with Crippen molar-refractivity contribution in [3.63, 3.8) is 0 Å². The van der Waals surface area contributed by atoms with Gasteiger partial charge < -0.3 is 20.1 Å². The van der Waals surface area contributed by atoms with E-state index >= 15 is 0 Å². The lowest BCUT2D eigenvalue weighted by Gasteiger charge is -2.57. The molecule has 3 rings (SSSR count). The Labute approximate surface area is 162 Å². The second-order valence-corrected chi connectivity index (χ2v) is 9.66. The average molecular weight is 379 g/mol. The van der Waals surface area contributed by atoms with Gasteiger partial charge in [0.1, 0.15) is 12.2 Å². The van der Waals surface area contributed by atoms with Crippen LogP contribution in [-0.4, -0.2) is 45.7 Å². The van der Waals surface area contributed by atoms with Crippen molar-refractivity contribution < 1.29 is 24.9 Å². The molecule has 3 N–H and O–H groups in total. The number of esters is 1. The van der Waals surface area contributed by atoms with Crippen molar-refractivity contribution >= 4 is 5.97 Å². The summed E-state index contributed by atoms with van der Waals surface area (Å²) < 4.78 is 5.48. The first-order valence-electron chi connectivity index (χ1n) is 10.0. The quantitative estimate of drug-likeness (QED) is 0.482. The van der Waals surface area contributed by atoms with Crippen molar-refractivity contribution in [2.24, 2.45) is 22.7 Å². The van der Waals surface area contributed by atoms with Gasteiger partial charge in [-0.3, -0.25) is 4.79 Å². The SMILES string of the molecule is C=C1C(OC(C)=O)CCC2(C)C1CC1CC(O)C(C)=C(C(O)C2O)C1(C)C. The van der Waals surface area contributed by atoms with Crippen molar-refractivity contribution in [3.05, 3.63) is 23.3 Å². The van der Waals surface area contributed by atoms with Gasteiger partial charge in [-0.2, -0.15) is 0 Å². The Morgan fingerprint density at radius 1 is 1.19 bits per heavy atom. The van der Waals surface area contributed by atoms with Gasteiger partial charge >= 0.3 is 5.97 Å². The summed E-state index contributed by atoms with van der Waals surface area (Å²) in [6.45, 7) is 13.7. The normalized spacial score (nSPS) is 44.2. The van der Waals surface area contributed by atoms with E-state index < -0.39 is 23.7 Å². The molecule has 0 saturated heterocycles. The van der Waals surface area contributed by atoms with E-state index in [4.69, 9.17) is 4.74 Å². The molecule has 3 aliphatic rings. The fourth-order valence-corrected chi connectivity index (χ4v) is 6.02. The van der Waals surface area contributed by atoms with Gasteiger partial charge in [-0.1, -0.05) is 27.4 Å². The van der Waals surface area contributed by atoms with E-state index in [1.165, 1.54) is 6.92 Å². The molecule has 0 aromatic heterocycles. The molecule has 2 saturated carbocycles. The first kappa shape index (κ1) is 20.6. The number of rotatable bonds is 1. The zero-order valence-electron chi connectivity index (χ0n) is 17.2. The van der Waals surface area contributed by atoms with Crippen molar-refractivity contribution in [2.45, 2.75) is 84.7 Å². The van der Waals surface area contributed by atoms with Crippen molar-refractivity contribution in [3.8, 4) is 0 Å². The Kier molecular flexibility index (Phi) is 5.11. The molecule has 0 aromatic carbocycles. The third-order valence-corrected chi connectivity index (χ3v) is 7.85. The minimum atomic E-state index is -1.02. The number of fused-ring (bicyclic) bond motifs is 3. The van der Waals surface area contributed by atoms with Crippen LogP contribution in [0.5, 0.6) is 0 Å². The van der Waals surface area contributed by atoms with Crippen LogP contribution in [0, 0.1) is 22.7 Å². The largest absolute Gasteiger partial charge is 0.458 e. The summed E-state index contributed by atoms with van der Waals surface area (Å²) in [5.41, 5.74) is 1.52. The molecule has 0 aliphatic heterocycles. The third-order valence-electron chi connectivity index (χ3n) is 7.85. The van der Waals surface area contributed by atoms with Crippen LogP contribution in [0.3, 0.4) is 0 Å². The van der Waals surface area contributed by atoms with E-state index in [1.54, 1.807) is 0 Å². The van der Waals surface area contributed by atoms with Crippen molar-refractivity contribution in [1.82, 2.24) is 0 Å². The fourth-order valence-electron chi connectivity index (χ4n) is 6.02. The average Bonchev–Trinajstić information content (AvgIpc) is 2.56. The second kappa shape index (κ2) is 6.71. The number of aliphatic hydroxyl groups excluding tert-OH is 3. The molecule has 5 heteroatoms. The Balaban J connectivity index is 2.08. The van der Waals surface area contributed by atoms with E-state index in [0.29, 0.717) is 19.3 Å². The smallest absolute Gasteiger partial charge is 0.303 e. The van der Waals surface area contributed by atoms with E-state index in [-0.39, 0.29) is 29.3 Å². The number of carbonyl (C=O) groups excluding carboxylic acids is 1. The first-order valence-corrected chi connectivity index (χ1v) is 10.0. The molecule has 0 radical (unpaired) electrons. The summed E-state index contributed by atoms with van der Waals surface area (Å²) in [5.74, 6) is -0.271. The van der Waals surface area contributed by atoms with Gasteiger partial charge in [-0.25, -0.2) is 0 Å². The zero-order chi connectivity index (χ0) is 20.3. The molecule has 7 unspecified atom stereocenters. The molecule has 3 aliphatic carbocycles. The summed E-state index contributed by atoms with van der Waals surface area (Å²) in [5, 5.41) is 33.0. The number of carbonyl (C=O) groups is 1. The standard InChI is InChI=1S/C22H34O5/c1-11-15-9-14-10-16(24)12(2)18(21(14,4)5)19(25)20(26)22(15,6)8-7-17(11)27-13(3)23/h14-17,19-20,24-26H,1,7-10H2,2-6H3. The van der Waals surface area contributed by atoms with Crippen LogP contribution in [0.25, 0.3) is 0 Å². The molecule has 5 nitrogen and oxygen atoms in total. The Morgan fingerprint density at radius 2 is 1.81 bits per heavy atom. The third kappa shape index (κ3) is 3.08. The number of hydrogen-bond acceptors (Lipinski definition) is 5. The molecule has 7 atom stereocenters. The predicted molar refractivity (Wildman–Crippen MR) is 103 cm³/mol. The maximum absolute atomic E-state index is 11.5. The zero-order valence-corrected chi connectivity index (χ0v) is 17.2. The highest BCUT2D eigenvalue weighted by Gasteiger charge is 2.57. The maximum atomic E-state index is 11.5. The topological polar surface area (TPSA) is 87.0 Å². The Bertz CT molecular complexity index is 678. The lowest BCUT2D eigenvalue weighted by molar-refractivity contribution is -0.151. The summed E-state index contributed by atoms with van der Waals surface area (Å²) in [7, 11) is 0. The minimum Gasteiger partial charge on any atom is -0.458 e. The summed E-state index contributed by atoms with van der Waals surface area (Å²) >= 11 is 0. The molecule has 152 valence electrons. The summed E-state index contributed by atoms with van der Waals surface area (Å²) in [4.78, 5) is 11.5. The van der Waals surface area contributed by atoms with E-state index in [0.717, 1.165) is 23.1 Å². The fraction of sp³-hybridized carbons (Fsp3) is 0.773. The number of aliphatic hydroxyl groups is 3. The summed E-state index contributed by atoms with van der Waals surface area (Å²) in [6, 6.07) is 0. The van der Waals surface area contributed by atoms with Crippen LogP contribution in [-0.2, 0) is 9.53 Å². The van der Waals surface area contributed by atoms with Crippen LogP contribution in [0.4, 0.5) is 0 Å². The molecule has 0 aromatic rings. The predicted octanol–water partition coefficient (Wildman–Crippen LogP) is 2.74. The van der Waals surface area contributed by atoms with Gasteiger partial charge in [0, 0.05) is 12.3 Å². The van der Waals surface area contributed by atoms with Crippen LogP contribution in [0.1, 0.15) is 60.3 Å². The Morgan fingerprint density at radius 3 is 2.41 bits per heavy atom. The molecule has 0 spiro atoms. The van der Waals surface area contributed by atoms with Gasteiger partial charge in [0.15, 0.2) is 0 Å². The molecule has 2 bridgehead atoms. The summed E-state index contributed by atoms with van der Waals surface area (Å²) in [6.07, 6.45) is -0.320. The van der Waals surface area contributed by atoms with Crippen LogP contribution in [0.15, 0.2) is 23.3 Å². The van der Waals surface area contributed by atoms with E-state index in [2.05, 4.69) is 20.4 Å². The molecular formula is C22H34O5. The maximum Gasteiger partial charge on any atom is 0.303 e. The molecule has 0 amide bonds. The van der Waals surface area contributed by atoms with Crippen LogP contribution in [0.2, 0.25) is 0 Å². The van der Waals surface area contributed by atoms with Gasteiger partial charge in [-0.15, -0.1) is 0 Å². The van der Waals surface area contributed by atoms with E-state index in [9.17, 15) is 20.1 Å². The molecule has 27 heavy (non-hydrogen) atoms. The van der Waals surface area contributed by atoms with Gasteiger partial charge in [-0.05, 0) is 66.6 Å². The monoisotopic (exact) mass is 378 g/mol. The second-order valence-electron chi connectivity index (χ2n) is 9.66. The highest BCUT2D eigenvalue weighted by atomic mass is 16.5. The van der Waals surface area contributed by atoms with Gasteiger partial charge in [0.2, 0.25) is 0 Å². The van der Waals surface area contributed by atoms with Crippen molar-refractivity contribution in [1.29, 1.82) is 0 Å². The minimum absolute atomic E-state index is 0.0864. The lowest BCUT2D eigenvalue weighted by atomic mass is 9.50. The van der Waals surface area contributed by atoms with Crippen LogP contribution >= 0.6 is 0 Å². The first-order chi connectivity index (χ1) is 12.4. The van der Waals surface area contributed by atoms with Gasteiger partial charge in [0.25, 0.3) is 0 Å². The highest BCUT2D eigenvalue weighted by molar-refractivity contribution is 5.66. The Hall–Kier alpha value is -1.17. The van der Waals surface area contributed by atoms with Gasteiger partial charge in [0.05, 0.1) is 12.2 Å². The lowest BCUT2D eigenvalue weighted by Crippen LogP contribution is -2.57.